The normalized spacial score (nSPS) is 10.6. The average Bonchev–Trinajstić information content (AvgIpc) is 2.85. The van der Waals surface area contributed by atoms with Crippen LogP contribution in [0.4, 0.5) is 0 Å². The molecule has 0 aliphatic rings. The van der Waals surface area contributed by atoms with Gasteiger partial charge >= 0.3 is 5.97 Å². The van der Waals surface area contributed by atoms with E-state index in [1.165, 1.54) is 5.56 Å². The molecule has 4 heteroatoms. The number of primary amides is 1. The summed E-state index contributed by atoms with van der Waals surface area (Å²) in [7, 11) is 0. The van der Waals surface area contributed by atoms with Crippen molar-refractivity contribution in [2.75, 3.05) is 0 Å². The maximum atomic E-state index is 12.5. The molecule has 0 aromatic heterocycles. The van der Waals surface area contributed by atoms with Gasteiger partial charge < -0.3 is 10.5 Å². The number of amides is 1. The van der Waals surface area contributed by atoms with Crippen LogP contribution >= 0.6 is 0 Å². The largest absolute Gasteiger partial charge is 0.422 e. The van der Waals surface area contributed by atoms with E-state index in [9.17, 15) is 9.59 Å². The molecule has 0 atom stereocenters. The minimum Gasteiger partial charge on any atom is -0.422 e. The topological polar surface area (TPSA) is 69.4 Å². The van der Waals surface area contributed by atoms with Crippen LogP contribution < -0.4 is 10.5 Å². The number of esters is 1. The zero-order chi connectivity index (χ0) is 24.6. The number of rotatable bonds is 4. The zero-order valence-corrected chi connectivity index (χ0v) is 19.7. The minimum atomic E-state index is -0.379. The van der Waals surface area contributed by atoms with Crippen LogP contribution in [0.5, 0.6) is 5.75 Å². The maximum absolute atomic E-state index is 12.5. The van der Waals surface area contributed by atoms with E-state index in [0.717, 1.165) is 11.1 Å². The van der Waals surface area contributed by atoms with Gasteiger partial charge in [0.25, 0.3) is 0 Å². The van der Waals surface area contributed by atoms with Crippen molar-refractivity contribution in [3.63, 3.8) is 0 Å². The van der Waals surface area contributed by atoms with E-state index in [0.29, 0.717) is 16.9 Å². The first-order chi connectivity index (χ1) is 16.3. The first-order valence-electron chi connectivity index (χ1n) is 11.1. The fraction of sp³-hybridized carbons (Fsp3) is 0.133. The van der Waals surface area contributed by atoms with Gasteiger partial charge in [-0.05, 0) is 52.9 Å². The van der Waals surface area contributed by atoms with Crippen LogP contribution in [-0.4, -0.2) is 11.9 Å². The Balaban J connectivity index is 0.000000302. The smallest absolute Gasteiger partial charge is 0.343 e. The Labute approximate surface area is 201 Å². The third-order valence-electron chi connectivity index (χ3n) is 5.20. The van der Waals surface area contributed by atoms with E-state index in [-0.39, 0.29) is 17.3 Å². The van der Waals surface area contributed by atoms with Crippen LogP contribution in [0.3, 0.4) is 0 Å². The van der Waals surface area contributed by atoms with Crippen LogP contribution in [0, 0.1) is 0 Å². The number of ether oxygens (including phenoxy) is 1. The van der Waals surface area contributed by atoms with Crippen molar-refractivity contribution in [3.05, 3.63) is 126 Å². The van der Waals surface area contributed by atoms with Crippen LogP contribution in [-0.2, 0) is 5.41 Å². The molecule has 0 saturated carbocycles. The van der Waals surface area contributed by atoms with Gasteiger partial charge in [0.05, 0.1) is 5.56 Å². The van der Waals surface area contributed by atoms with Crippen molar-refractivity contribution < 1.29 is 14.3 Å². The lowest BCUT2D eigenvalue weighted by Gasteiger charge is -2.21. The summed E-state index contributed by atoms with van der Waals surface area (Å²) in [6.45, 7) is 6.52. The maximum Gasteiger partial charge on any atom is 0.343 e. The summed E-state index contributed by atoms with van der Waals surface area (Å²) in [5, 5.41) is 0. The second-order valence-electron chi connectivity index (χ2n) is 8.81. The van der Waals surface area contributed by atoms with E-state index in [2.05, 4.69) is 26.8 Å². The molecule has 172 valence electrons. The SMILES string of the molecule is CC(C)(C)c1ccc(OC(=O)c2ccccc2)c(-c2ccccc2)c1.NC(=O)c1ccccc1. The monoisotopic (exact) mass is 451 g/mol. The number of carbonyl (C=O) groups excluding carboxylic acids is 2. The van der Waals surface area contributed by atoms with Crippen molar-refractivity contribution in [2.45, 2.75) is 26.2 Å². The summed E-state index contributed by atoms with van der Waals surface area (Å²) in [5.41, 5.74) is 9.25. The van der Waals surface area contributed by atoms with Gasteiger partial charge in [-0.3, -0.25) is 4.79 Å². The highest BCUT2D eigenvalue weighted by Gasteiger charge is 2.18. The van der Waals surface area contributed by atoms with E-state index in [4.69, 9.17) is 10.5 Å². The van der Waals surface area contributed by atoms with Gasteiger partial charge in [0, 0.05) is 11.1 Å². The molecule has 0 radical (unpaired) electrons. The van der Waals surface area contributed by atoms with Crippen molar-refractivity contribution in [2.24, 2.45) is 5.73 Å². The summed E-state index contributed by atoms with van der Waals surface area (Å²) < 4.78 is 5.71. The summed E-state index contributed by atoms with van der Waals surface area (Å²) in [4.78, 5) is 22.9. The number of hydrogen-bond acceptors (Lipinski definition) is 3. The van der Waals surface area contributed by atoms with Gasteiger partial charge in [0.15, 0.2) is 0 Å². The molecule has 4 rings (SSSR count). The molecule has 0 spiro atoms. The van der Waals surface area contributed by atoms with Gasteiger partial charge in [0.1, 0.15) is 5.75 Å². The van der Waals surface area contributed by atoms with E-state index >= 15 is 0 Å². The third-order valence-corrected chi connectivity index (χ3v) is 5.20. The second-order valence-corrected chi connectivity index (χ2v) is 8.81. The number of hydrogen-bond donors (Lipinski definition) is 1. The van der Waals surface area contributed by atoms with Crippen molar-refractivity contribution in [1.82, 2.24) is 0 Å². The molecule has 34 heavy (non-hydrogen) atoms. The molecule has 2 N–H and O–H groups in total. The van der Waals surface area contributed by atoms with Gasteiger partial charge in [-0.2, -0.15) is 0 Å². The molecule has 4 aromatic carbocycles. The Hall–Kier alpha value is -4.18. The predicted molar refractivity (Wildman–Crippen MR) is 137 cm³/mol. The van der Waals surface area contributed by atoms with Crippen molar-refractivity contribution >= 4 is 11.9 Å². The summed E-state index contributed by atoms with van der Waals surface area (Å²) in [6, 6.07) is 33.9. The molecule has 0 unspecified atom stereocenters. The highest BCUT2D eigenvalue weighted by Crippen LogP contribution is 2.35. The molecule has 0 bridgehead atoms. The van der Waals surface area contributed by atoms with Gasteiger partial charge in [0.2, 0.25) is 5.91 Å². The Morgan fingerprint density at radius 1 is 0.676 bits per heavy atom. The van der Waals surface area contributed by atoms with E-state index < -0.39 is 0 Å². The molecule has 0 aliphatic heterocycles. The van der Waals surface area contributed by atoms with Crippen LogP contribution in [0.2, 0.25) is 0 Å². The molecule has 0 fully saturated rings. The summed E-state index contributed by atoms with van der Waals surface area (Å²) in [6.07, 6.45) is 0. The Kier molecular flexibility index (Phi) is 7.99. The number of carbonyl (C=O) groups is 2. The van der Waals surface area contributed by atoms with Crippen LogP contribution in [0.1, 0.15) is 47.1 Å². The summed E-state index contributed by atoms with van der Waals surface area (Å²) >= 11 is 0. The fourth-order valence-electron chi connectivity index (χ4n) is 3.26. The summed E-state index contributed by atoms with van der Waals surface area (Å²) in [5.74, 6) is -0.148. The zero-order valence-electron chi connectivity index (χ0n) is 19.7. The molecule has 4 aromatic rings. The van der Waals surface area contributed by atoms with E-state index in [1.54, 1.807) is 36.4 Å². The molecule has 1 amide bonds. The Morgan fingerprint density at radius 2 is 1.18 bits per heavy atom. The molecular formula is C30H29NO3. The van der Waals surface area contributed by atoms with Crippen LogP contribution in [0.25, 0.3) is 11.1 Å². The lowest BCUT2D eigenvalue weighted by Crippen LogP contribution is -2.13. The van der Waals surface area contributed by atoms with Crippen molar-refractivity contribution in [1.29, 1.82) is 0 Å². The highest BCUT2D eigenvalue weighted by molar-refractivity contribution is 5.93. The van der Waals surface area contributed by atoms with Crippen LogP contribution in [0.15, 0.2) is 109 Å². The lowest BCUT2D eigenvalue weighted by atomic mass is 9.85. The molecule has 0 aliphatic carbocycles. The Morgan fingerprint density at radius 3 is 1.65 bits per heavy atom. The molecule has 4 nitrogen and oxygen atoms in total. The molecule has 0 heterocycles. The standard InChI is InChI=1S/C23H22O2.C7H7NO/c1-23(2,3)19-14-15-21(20(16-19)17-10-6-4-7-11-17)25-22(24)18-12-8-5-9-13-18;8-7(9)6-4-2-1-3-5-6/h4-16H,1-3H3;1-5H,(H2,8,9). The van der Waals surface area contributed by atoms with Gasteiger partial charge in [-0.25, -0.2) is 4.79 Å². The average molecular weight is 452 g/mol. The van der Waals surface area contributed by atoms with Crippen molar-refractivity contribution in [3.8, 4) is 16.9 Å². The predicted octanol–water partition coefficient (Wildman–Crippen LogP) is 6.66. The highest BCUT2D eigenvalue weighted by atomic mass is 16.5. The molecular weight excluding hydrogens is 422 g/mol. The molecule has 0 saturated heterocycles. The third kappa shape index (κ3) is 6.66. The quantitative estimate of drug-likeness (QED) is 0.279. The number of benzene rings is 4. The van der Waals surface area contributed by atoms with E-state index in [1.807, 2.05) is 66.7 Å². The first-order valence-corrected chi connectivity index (χ1v) is 11.1. The number of nitrogens with two attached hydrogens (primary N) is 1. The van der Waals surface area contributed by atoms with Gasteiger partial charge in [-0.15, -0.1) is 0 Å². The first kappa shape index (κ1) is 24.5. The minimum absolute atomic E-state index is 0.0193. The second kappa shape index (κ2) is 11.1. The lowest BCUT2D eigenvalue weighted by molar-refractivity contribution is 0.0735. The van der Waals surface area contributed by atoms with Gasteiger partial charge in [-0.1, -0.05) is 93.6 Å². The Bertz CT molecular complexity index is 1230. The fourth-order valence-corrected chi connectivity index (χ4v) is 3.26.